The van der Waals surface area contributed by atoms with Crippen LogP contribution in [-0.4, -0.2) is 80.7 Å². The van der Waals surface area contributed by atoms with Gasteiger partial charge < -0.3 is 19.8 Å². The Hall–Kier alpha value is -4.47. The van der Waals surface area contributed by atoms with Crippen molar-refractivity contribution < 1.29 is 14.7 Å². The zero-order valence-corrected chi connectivity index (χ0v) is 23.3. The maximum absolute atomic E-state index is 13.5. The van der Waals surface area contributed by atoms with Gasteiger partial charge in [0.2, 0.25) is 5.82 Å². The molecule has 7 rings (SSSR count). The van der Waals surface area contributed by atoms with Crippen molar-refractivity contribution in [2.45, 2.75) is 25.7 Å². The Labute approximate surface area is 238 Å². The smallest absolute Gasteiger partial charge is 0.354 e. The summed E-state index contributed by atoms with van der Waals surface area (Å²) in [5, 5.41) is 13.9. The summed E-state index contributed by atoms with van der Waals surface area (Å²) < 4.78 is 1.76. The van der Waals surface area contributed by atoms with Gasteiger partial charge in [-0.25, -0.2) is 19.3 Å². The van der Waals surface area contributed by atoms with Gasteiger partial charge in [0.15, 0.2) is 11.3 Å². The Morgan fingerprint density at radius 1 is 0.951 bits per heavy atom. The highest BCUT2D eigenvalue weighted by molar-refractivity contribution is 5.91. The van der Waals surface area contributed by atoms with Crippen molar-refractivity contribution in [2.75, 3.05) is 49.1 Å². The Morgan fingerprint density at radius 2 is 1.68 bits per heavy atom. The van der Waals surface area contributed by atoms with Gasteiger partial charge in [-0.15, -0.1) is 5.10 Å². The predicted molar refractivity (Wildman–Crippen MR) is 155 cm³/mol. The van der Waals surface area contributed by atoms with E-state index >= 15 is 0 Å². The zero-order valence-electron chi connectivity index (χ0n) is 23.3. The van der Waals surface area contributed by atoms with Gasteiger partial charge in [-0.3, -0.25) is 4.79 Å². The molecular formula is C31H33N7O3. The van der Waals surface area contributed by atoms with Gasteiger partial charge in [0.25, 0.3) is 5.91 Å². The first-order valence-electron chi connectivity index (χ1n) is 14.3. The van der Waals surface area contributed by atoms with Gasteiger partial charge in [-0.05, 0) is 42.7 Å². The van der Waals surface area contributed by atoms with Crippen LogP contribution in [0.5, 0.6) is 0 Å². The van der Waals surface area contributed by atoms with Crippen molar-refractivity contribution in [1.82, 2.24) is 24.5 Å². The van der Waals surface area contributed by atoms with Gasteiger partial charge in [-0.2, -0.15) is 0 Å². The highest BCUT2D eigenvalue weighted by Crippen LogP contribution is 2.40. The van der Waals surface area contributed by atoms with E-state index in [0.29, 0.717) is 36.4 Å². The predicted octanol–water partition coefficient (Wildman–Crippen LogP) is 3.51. The number of likely N-dealkylation sites (tertiary alicyclic amines) is 1. The molecule has 3 saturated heterocycles. The standard InChI is InChI=1S/C31H33N7O3/c1-3-31(23-8-5-4-6-9-23)18-37(19-31)24-12-20(2)28-33-27(34-38(28)17-24)29(39)36-15-21-13-35(14-22(21)16-36)26-11-7-10-25(32-26)30(40)41/h4-12,17,21-22H,3,13-16,18-19H2,1-2H3,(H,40,41)/t21-,22+. The summed E-state index contributed by atoms with van der Waals surface area (Å²) in [6.07, 6.45) is 3.07. The van der Waals surface area contributed by atoms with E-state index in [-0.39, 0.29) is 22.8 Å². The first kappa shape index (κ1) is 25.5. The van der Waals surface area contributed by atoms with Crippen LogP contribution in [0.2, 0.25) is 0 Å². The lowest BCUT2D eigenvalue weighted by Crippen LogP contribution is -2.59. The van der Waals surface area contributed by atoms with Gasteiger partial charge >= 0.3 is 5.97 Å². The number of benzene rings is 1. The average Bonchev–Trinajstić information content (AvgIpc) is 3.67. The largest absolute Gasteiger partial charge is 0.477 e. The monoisotopic (exact) mass is 551 g/mol. The summed E-state index contributed by atoms with van der Waals surface area (Å²) in [5.74, 6) is 0.335. The van der Waals surface area contributed by atoms with Crippen LogP contribution in [0, 0.1) is 18.8 Å². The van der Waals surface area contributed by atoms with Crippen LogP contribution in [0.1, 0.15) is 45.6 Å². The second kappa shape index (κ2) is 9.57. The summed E-state index contributed by atoms with van der Waals surface area (Å²) in [4.78, 5) is 40.1. The number of hydrogen-bond acceptors (Lipinski definition) is 7. The second-order valence-electron chi connectivity index (χ2n) is 11.8. The van der Waals surface area contributed by atoms with E-state index in [0.717, 1.165) is 43.9 Å². The molecule has 2 atom stereocenters. The quantitative estimate of drug-likeness (QED) is 0.388. The number of carboxylic acids is 1. The molecule has 0 radical (unpaired) electrons. The van der Waals surface area contributed by atoms with Crippen molar-refractivity contribution in [3.8, 4) is 0 Å². The molecule has 0 unspecified atom stereocenters. The molecule has 3 aliphatic heterocycles. The highest BCUT2D eigenvalue weighted by atomic mass is 16.4. The molecule has 10 heteroatoms. The fraction of sp³-hybridized carbons (Fsp3) is 0.387. The summed E-state index contributed by atoms with van der Waals surface area (Å²) in [5.41, 5.74) is 4.38. The molecule has 3 aromatic heterocycles. The molecule has 0 spiro atoms. The van der Waals surface area contributed by atoms with Crippen molar-refractivity contribution in [2.24, 2.45) is 11.8 Å². The van der Waals surface area contributed by atoms with Crippen LogP contribution in [0.15, 0.2) is 60.8 Å². The second-order valence-corrected chi connectivity index (χ2v) is 11.8. The number of aryl methyl sites for hydroxylation is 1. The van der Waals surface area contributed by atoms with Crippen LogP contribution in [0.4, 0.5) is 11.5 Å². The van der Waals surface area contributed by atoms with Gasteiger partial charge in [-0.1, -0.05) is 43.3 Å². The number of carboxylic acid groups (broad SMARTS) is 1. The summed E-state index contributed by atoms with van der Waals surface area (Å²) in [7, 11) is 0. The average molecular weight is 552 g/mol. The van der Waals surface area contributed by atoms with E-state index in [4.69, 9.17) is 0 Å². The molecule has 1 N–H and O–H groups in total. The van der Waals surface area contributed by atoms with Gasteiger partial charge in [0.1, 0.15) is 5.82 Å². The zero-order chi connectivity index (χ0) is 28.3. The van der Waals surface area contributed by atoms with E-state index in [2.05, 4.69) is 68.2 Å². The molecule has 1 amide bonds. The minimum Gasteiger partial charge on any atom is -0.477 e. The Bertz CT molecular complexity index is 1630. The Balaban J connectivity index is 1.04. The van der Waals surface area contributed by atoms with Crippen molar-refractivity contribution in [3.05, 3.63) is 83.4 Å². The van der Waals surface area contributed by atoms with E-state index in [1.54, 1.807) is 10.6 Å². The van der Waals surface area contributed by atoms with Crippen LogP contribution >= 0.6 is 0 Å². The normalized spacial score (nSPS) is 21.3. The number of aromatic nitrogens is 4. The fourth-order valence-electron chi connectivity index (χ4n) is 6.87. The SMILES string of the molecule is CCC1(c2ccccc2)CN(c2cc(C)c3nc(C(=O)N4C[C@@H]5CN(c6cccc(C(=O)O)n6)C[C@@H]5C4)nn3c2)C1. The minimum atomic E-state index is -1.03. The molecule has 3 fully saturated rings. The summed E-state index contributed by atoms with van der Waals surface area (Å²) in [6.45, 7) is 8.91. The number of amides is 1. The summed E-state index contributed by atoms with van der Waals surface area (Å²) in [6, 6.07) is 18.0. The number of carbonyl (C=O) groups is 2. The van der Waals surface area contributed by atoms with Crippen LogP contribution < -0.4 is 9.80 Å². The highest BCUT2D eigenvalue weighted by Gasteiger charge is 2.44. The van der Waals surface area contributed by atoms with Crippen molar-refractivity contribution in [1.29, 1.82) is 0 Å². The topological polar surface area (TPSA) is 107 Å². The molecule has 0 bridgehead atoms. The third-order valence-electron chi connectivity index (χ3n) is 9.26. The molecule has 10 nitrogen and oxygen atoms in total. The van der Waals surface area contributed by atoms with Crippen LogP contribution in [-0.2, 0) is 5.41 Å². The first-order chi connectivity index (χ1) is 19.8. The van der Waals surface area contributed by atoms with Crippen molar-refractivity contribution >= 4 is 29.0 Å². The Morgan fingerprint density at radius 3 is 2.37 bits per heavy atom. The summed E-state index contributed by atoms with van der Waals surface area (Å²) >= 11 is 0. The molecule has 210 valence electrons. The molecule has 0 saturated carbocycles. The third-order valence-corrected chi connectivity index (χ3v) is 9.26. The molecular weight excluding hydrogens is 518 g/mol. The van der Waals surface area contributed by atoms with Crippen LogP contribution in [0.3, 0.4) is 0 Å². The Kier molecular flexibility index (Phi) is 5.95. The molecule has 1 aromatic carbocycles. The fourth-order valence-corrected chi connectivity index (χ4v) is 6.87. The lowest BCUT2D eigenvalue weighted by molar-refractivity contribution is 0.0689. The first-order valence-corrected chi connectivity index (χ1v) is 14.3. The lowest BCUT2D eigenvalue weighted by atomic mass is 9.71. The van der Waals surface area contributed by atoms with E-state index in [1.807, 2.05) is 24.1 Å². The minimum absolute atomic E-state index is 0.0442. The lowest BCUT2D eigenvalue weighted by Gasteiger charge is -2.51. The van der Waals surface area contributed by atoms with Crippen molar-refractivity contribution in [3.63, 3.8) is 0 Å². The molecule has 6 heterocycles. The number of aromatic carboxylic acids is 1. The van der Waals surface area contributed by atoms with Gasteiger partial charge in [0.05, 0.1) is 11.9 Å². The van der Waals surface area contributed by atoms with Crippen LogP contribution in [0.25, 0.3) is 5.65 Å². The molecule has 4 aromatic rings. The number of pyridine rings is 2. The number of anilines is 2. The maximum Gasteiger partial charge on any atom is 0.354 e. The molecule has 0 aliphatic carbocycles. The number of rotatable bonds is 6. The number of carbonyl (C=O) groups excluding carboxylic acids is 1. The molecule has 41 heavy (non-hydrogen) atoms. The maximum atomic E-state index is 13.5. The van der Waals surface area contributed by atoms with E-state index in [1.165, 1.54) is 11.6 Å². The number of nitrogens with zero attached hydrogens (tertiary/aromatic N) is 7. The third kappa shape index (κ3) is 4.29. The number of fused-ring (bicyclic) bond motifs is 2. The number of hydrogen-bond donors (Lipinski definition) is 1. The van der Waals surface area contributed by atoms with Gasteiger partial charge in [0, 0.05) is 56.5 Å². The van der Waals surface area contributed by atoms with E-state index < -0.39 is 5.97 Å². The van der Waals surface area contributed by atoms with E-state index in [9.17, 15) is 14.7 Å². The molecule has 3 aliphatic rings.